The highest BCUT2D eigenvalue weighted by Crippen LogP contribution is 2.15. The molecule has 0 radical (unpaired) electrons. The molecule has 0 spiro atoms. The number of nitrogens with one attached hydrogen (secondary N) is 1. The molecule has 2 rings (SSSR count). The summed E-state index contributed by atoms with van der Waals surface area (Å²) in [5.41, 5.74) is 1.63. The third-order valence-corrected chi connectivity index (χ3v) is 2.68. The van der Waals surface area contributed by atoms with E-state index in [1.807, 2.05) is 0 Å². The molecule has 1 aromatic rings. The Bertz CT molecular complexity index is 711. The first-order valence-corrected chi connectivity index (χ1v) is 6.31. The number of carbonyl (C=O) groups excluding carboxylic acids is 1. The van der Waals surface area contributed by atoms with Crippen LogP contribution < -0.4 is 5.53 Å². The maximum atomic E-state index is 11.6. The number of benzene rings is 1. The highest BCUT2D eigenvalue weighted by molar-refractivity contribution is 6.68. The maximum Gasteiger partial charge on any atom is 0.451 e. The molecule has 0 aliphatic carbocycles. The molecule has 0 aromatic heterocycles. The molecule has 1 aliphatic rings. The van der Waals surface area contributed by atoms with Gasteiger partial charge in [0, 0.05) is 17.7 Å². The second-order valence-corrected chi connectivity index (χ2v) is 4.13. The van der Waals surface area contributed by atoms with Crippen molar-refractivity contribution < 1.29 is 24.4 Å². The molecule has 1 heterocycles. The van der Waals surface area contributed by atoms with Gasteiger partial charge in [0.05, 0.1) is 11.5 Å². The van der Waals surface area contributed by atoms with Gasteiger partial charge < -0.3 is 9.84 Å². The molecule has 23 heavy (non-hydrogen) atoms. The van der Waals surface area contributed by atoms with Gasteiger partial charge in [0.15, 0.2) is 5.71 Å². The summed E-state index contributed by atoms with van der Waals surface area (Å²) in [6.07, 6.45) is -0.875. The lowest BCUT2D eigenvalue weighted by Crippen LogP contribution is -2.44. The normalized spacial score (nSPS) is 13.5. The van der Waals surface area contributed by atoms with Crippen LogP contribution in [0.15, 0.2) is 34.5 Å². The first kappa shape index (κ1) is 15.9. The summed E-state index contributed by atoms with van der Waals surface area (Å²) in [7, 11) is 0. The van der Waals surface area contributed by atoms with E-state index in [9.17, 15) is 19.7 Å². The number of carboxylic acids is 1. The van der Waals surface area contributed by atoms with E-state index in [4.69, 9.17) is 9.84 Å². The van der Waals surface area contributed by atoms with E-state index in [-0.39, 0.29) is 23.6 Å². The molecule has 1 aliphatic heterocycles. The Morgan fingerprint density at radius 2 is 2.04 bits per heavy atom. The number of ether oxygens (including phenoxy) is 1. The van der Waals surface area contributed by atoms with Gasteiger partial charge in [-0.05, 0) is 19.1 Å². The van der Waals surface area contributed by atoms with Gasteiger partial charge >= 0.3 is 12.1 Å². The topological polar surface area (TPSA) is 147 Å². The summed E-state index contributed by atoms with van der Waals surface area (Å²) in [5.74, 6) is -1.38. The lowest BCUT2D eigenvalue weighted by atomic mass is 10.1. The first-order chi connectivity index (χ1) is 10.9. The highest BCUT2D eigenvalue weighted by Gasteiger charge is 2.28. The molecule has 11 nitrogen and oxygen atoms in total. The molecule has 1 amide bonds. The number of amides is 1. The van der Waals surface area contributed by atoms with Gasteiger partial charge in [0.1, 0.15) is 5.71 Å². The average Bonchev–Trinajstić information content (AvgIpc) is 2.54. The van der Waals surface area contributed by atoms with Gasteiger partial charge in [-0.3, -0.25) is 10.1 Å². The predicted octanol–water partition coefficient (Wildman–Crippen LogP) is 0.716. The molecule has 0 fully saturated rings. The van der Waals surface area contributed by atoms with Crippen LogP contribution in [0, 0.1) is 10.1 Å². The second kappa shape index (κ2) is 6.51. The highest BCUT2D eigenvalue weighted by atomic mass is 16.6. The summed E-state index contributed by atoms with van der Waals surface area (Å²) in [5, 5.41) is 27.8. The van der Waals surface area contributed by atoms with Crippen LogP contribution in [0.3, 0.4) is 0 Å². The Hall–Kier alpha value is -3.50. The number of carbonyl (C=O) groups is 2. The SMILES string of the molecule is CCOC(=O)N1N=C(c2ccc([N+](=O)[O-])cc2)C(C(=O)O)=NN1. The van der Waals surface area contributed by atoms with Crippen molar-refractivity contribution in [1.29, 1.82) is 0 Å². The summed E-state index contributed by atoms with van der Waals surface area (Å²) >= 11 is 0. The molecule has 1 aromatic carbocycles. The Kier molecular flexibility index (Phi) is 4.50. The second-order valence-electron chi connectivity index (χ2n) is 4.13. The zero-order chi connectivity index (χ0) is 17.0. The van der Waals surface area contributed by atoms with Gasteiger partial charge in [0.25, 0.3) is 5.69 Å². The largest absolute Gasteiger partial charge is 0.476 e. The fourth-order valence-corrected chi connectivity index (χ4v) is 1.67. The zero-order valence-corrected chi connectivity index (χ0v) is 11.8. The predicted molar refractivity (Wildman–Crippen MR) is 76.7 cm³/mol. The van der Waals surface area contributed by atoms with Crippen molar-refractivity contribution >= 4 is 29.2 Å². The van der Waals surface area contributed by atoms with Crippen LogP contribution in [-0.4, -0.2) is 45.2 Å². The van der Waals surface area contributed by atoms with Crippen molar-refractivity contribution in [3.8, 4) is 0 Å². The molecule has 0 saturated carbocycles. The van der Waals surface area contributed by atoms with Crippen LogP contribution in [0.4, 0.5) is 10.5 Å². The van der Waals surface area contributed by atoms with Gasteiger partial charge in [-0.15, -0.1) is 10.2 Å². The number of hydrazine groups is 1. The fourth-order valence-electron chi connectivity index (χ4n) is 1.67. The van der Waals surface area contributed by atoms with E-state index < -0.39 is 22.7 Å². The Morgan fingerprint density at radius 1 is 1.39 bits per heavy atom. The summed E-state index contributed by atoms with van der Waals surface area (Å²) in [6, 6.07) is 5.00. The van der Waals surface area contributed by atoms with E-state index in [1.165, 1.54) is 24.3 Å². The number of hydrogen-bond donors (Lipinski definition) is 2. The van der Waals surface area contributed by atoms with E-state index in [0.717, 1.165) is 0 Å². The summed E-state index contributed by atoms with van der Waals surface area (Å²) in [4.78, 5) is 32.9. The van der Waals surface area contributed by atoms with Crippen LogP contribution in [-0.2, 0) is 9.53 Å². The average molecular weight is 321 g/mol. The van der Waals surface area contributed by atoms with Crippen LogP contribution in [0.1, 0.15) is 12.5 Å². The number of non-ortho nitro benzene ring substituents is 1. The molecule has 2 N–H and O–H groups in total. The zero-order valence-electron chi connectivity index (χ0n) is 11.8. The molecule has 0 unspecified atom stereocenters. The lowest BCUT2D eigenvalue weighted by Gasteiger charge is -2.21. The number of hydrazone groups is 2. The first-order valence-electron chi connectivity index (χ1n) is 6.31. The summed E-state index contributed by atoms with van der Waals surface area (Å²) in [6.45, 7) is 1.68. The van der Waals surface area contributed by atoms with Crippen molar-refractivity contribution in [2.24, 2.45) is 10.2 Å². The molecule has 11 heteroatoms. The van der Waals surface area contributed by atoms with E-state index >= 15 is 0 Å². The summed E-state index contributed by atoms with van der Waals surface area (Å²) < 4.78 is 4.72. The quantitative estimate of drug-likeness (QED) is 0.613. The lowest BCUT2D eigenvalue weighted by molar-refractivity contribution is -0.384. The molecule has 120 valence electrons. The number of nitro groups is 1. The molecule has 0 atom stereocenters. The van der Waals surface area contributed by atoms with Gasteiger partial charge in [0.2, 0.25) is 0 Å². The van der Waals surface area contributed by atoms with Gasteiger partial charge in [-0.2, -0.15) is 5.53 Å². The number of nitro benzene ring substituents is 1. The van der Waals surface area contributed by atoms with E-state index in [0.29, 0.717) is 5.12 Å². The Balaban J connectivity index is 2.39. The number of carboxylic acid groups (broad SMARTS) is 1. The van der Waals surface area contributed by atoms with Gasteiger partial charge in [-0.1, -0.05) is 5.12 Å². The number of nitrogens with zero attached hydrogens (tertiary/aromatic N) is 4. The van der Waals surface area contributed by atoms with E-state index in [1.54, 1.807) is 6.92 Å². The minimum atomic E-state index is -1.38. The van der Waals surface area contributed by atoms with Crippen LogP contribution in [0.5, 0.6) is 0 Å². The smallest absolute Gasteiger partial charge is 0.451 e. The van der Waals surface area contributed by atoms with Crippen LogP contribution >= 0.6 is 0 Å². The number of aliphatic carboxylic acids is 1. The number of hydrogen-bond acceptors (Lipinski definition) is 8. The minimum Gasteiger partial charge on any atom is -0.476 e. The molecule has 0 saturated heterocycles. The third kappa shape index (κ3) is 3.40. The van der Waals surface area contributed by atoms with Crippen molar-refractivity contribution in [3.63, 3.8) is 0 Å². The Morgan fingerprint density at radius 3 is 2.57 bits per heavy atom. The van der Waals surface area contributed by atoms with Crippen molar-refractivity contribution in [1.82, 2.24) is 10.7 Å². The Labute approximate surface area is 129 Å². The van der Waals surface area contributed by atoms with Gasteiger partial charge in [-0.25, -0.2) is 9.59 Å². The molecular weight excluding hydrogens is 310 g/mol. The van der Waals surface area contributed by atoms with Crippen molar-refractivity contribution in [2.75, 3.05) is 6.61 Å². The number of rotatable bonds is 4. The van der Waals surface area contributed by atoms with Crippen molar-refractivity contribution in [3.05, 3.63) is 39.9 Å². The fraction of sp³-hybridized carbons (Fsp3) is 0.167. The van der Waals surface area contributed by atoms with E-state index in [2.05, 4.69) is 15.7 Å². The monoisotopic (exact) mass is 321 g/mol. The standard InChI is InChI=1S/C12H11N5O6/c1-2-23-12(20)16-14-9(10(11(18)19)13-15-16)7-3-5-8(6-4-7)17(21)22/h3-6,15H,2H2,1H3,(H,18,19). The molecule has 0 bridgehead atoms. The van der Waals surface area contributed by atoms with Crippen LogP contribution in [0.25, 0.3) is 0 Å². The van der Waals surface area contributed by atoms with Crippen molar-refractivity contribution in [2.45, 2.75) is 6.92 Å². The minimum absolute atomic E-state index is 0.0922. The third-order valence-electron chi connectivity index (χ3n) is 2.68. The maximum absolute atomic E-state index is 11.6. The molecular formula is C12H11N5O6. The van der Waals surface area contributed by atoms with Crippen LogP contribution in [0.2, 0.25) is 0 Å².